The summed E-state index contributed by atoms with van der Waals surface area (Å²) in [7, 11) is 1.76. The number of aryl methyl sites for hydroxylation is 1. The molecule has 1 fully saturated rings. The lowest BCUT2D eigenvalue weighted by Crippen LogP contribution is -2.50. The number of hydrogen-bond donors (Lipinski definition) is 1. The number of carbonyl (C=O) groups is 1. The molecular weight excluding hydrogens is 382 g/mol. The fourth-order valence-electron chi connectivity index (χ4n) is 4.35. The number of nitrogens with zero attached hydrogens (tertiary/aromatic N) is 5. The summed E-state index contributed by atoms with van der Waals surface area (Å²) >= 11 is 0. The van der Waals surface area contributed by atoms with E-state index in [4.69, 9.17) is 4.74 Å². The lowest BCUT2D eigenvalue weighted by Gasteiger charge is -2.42. The van der Waals surface area contributed by atoms with Crippen LogP contribution in [0.15, 0.2) is 24.7 Å². The van der Waals surface area contributed by atoms with Crippen molar-refractivity contribution < 1.29 is 14.6 Å². The number of methoxy groups -OCH3 is 1. The zero-order chi connectivity index (χ0) is 21.5. The van der Waals surface area contributed by atoms with Crippen LogP contribution < -0.4 is 9.80 Å². The highest BCUT2D eigenvalue weighted by Crippen LogP contribution is 2.39. The lowest BCUT2D eigenvalue weighted by atomic mass is 9.91. The number of hydrogen-bond acceptors (Lipinski definition) is 7. The summed E-state index contributed by atoms with van der Waals surface area (Å²) in [6.07, 6.45) is 9.09. The Hall–Kier alpha value is -2.58. The molecule has 0 radical (unpaired) electrons. The van der Waals surface area contributed by atoms with Crippen molar-refractivity contribution >= 4 is 23.2 Å². The van der Waals surface area contributed by atoms with Gasteiger partial charge in [0.2, 0.25) is 0 Å². The van der Waals surface area contributed by atoms with Gasteiger partial charge in [-0.2, -0.15) is 0 Å². The highest BCUT2D eigenvalue weighted by atomic mass is 16.5. The summed E-state index contributed by atoms with van der Waals surface area (Å²) in [6, 6.07) is 2.06. The maximum atomic E-state index is 13.3. The maximum absolute atomic E-state index is 13.3. The van der Waals surface area contributed by atoms with Crippen LogP contribution in [-0.4, -0.2) is 51.8 Å². The molecule has 0 spiro atoms. The van der Waals surface area contributed by atoms with Gasteiger partial charge in [0.25, 0.3) is 5.91 Å². The molecule has 4 rings (SSSR count). The number of aromatic nitrogens is 3. The van der Waals surface area contributed by atoms with Crippen LogP contribution in [0.2, 0.25) is 0 Å². The van der Waals surface area contributed by atoms with Gasteiger partial charge >= 0.3 is 0 Å². The predicted molar refractivity (Wildman–Crippen MR) is 114 cm³/mol. The largest absolute Gasteiger partial charge is 0.384 e. The van der Waals surface area contributed by atoms with Crippen LogP contribution in [0.4, 0.5) is 17.3 Å². The number of carbonyl (C=O) groups excluding carboxylic acids is 1. The van der Waals surface area contributed by atoms with Gasteiger partial charge in [-0.1, -0.05) is 0 Å². The van der Waals surface area contributed by atoms with Gasteiger partial charge in [0.15, 0.2) is 11.6 Å². The van der Waals surface area contributed by atoms with E-state index in [2.05, 4.69) is 19.9 Å². The molecule has 2 aliphatic rings. The molecule has 1 amide bonds. The monoisotopic (exact) mass is 411 g/mol. The minimum Gasteiger partial charge on any atom is -0.384 e. The van der Waals surface area contributed by atoms with Crippen molar-refractivity contribution in [1.29, 1.82) is 0 Å². The second-order valence-electron chi connectivity index (χ2n) is 8.64. The Morgan fingerprint density at radius 1 is 1.10 bits per heavy atom. The number of aliphatic hydroxyl groups is 1. The first-order chi connectivity index (χ1) is 14.3. The van der Waals surface area contributed by atoms with Crippen molar-refractivity contribution in [2.24, 2.45) is 0 Å². The maximum Gasteiger partial charge on any atom is 0.252 e. The number of amides is 1. The Balaban J connectivity index is 1.69. The molecule has 0 bridgehead atoms. The molecule has 30 heavy (non-hydrogen) atoms. The number of rotatable bonds is 4. The average molecular weight is 412 g/mol. The molecular formula is C22H29N5O3. The SMILES string of the molecule is COC1CCC(N2CC(=O)N(c3cnc(C(C)(C)O)cc3C)c3nccnc32)CC1. The summed E-state index contributed by atoms with van der Waals surface area (Å²) in [5, 5.41) is 10.3. The topological polar surface area (TPSA) is 91.7 Å². The van der Waals surface area contributed by atoms with Crippen molar-refractivity contribution in [3.63, 3.8) is 0 Å². The van der Waals surface area contributed by atoms with Gasteiger partial charge in [0.1, 0.15) is 5.60 Å². The van der Waals surface area contributed by atoms with Crippen molar-refractivity contribution in [2.75, 3.05) is 23.5 Å². The first kappa shape index (κ1) is 20.7. The quantitative estimate of drug-likeness (QED) is 0.827. The predicted octanol–water partition coefficient (Wildman–Crippen LogP) is 2.85. The highest BCUT2D eigenvalue weighted by molar-refractivity contribution is 6.07. The van der Waals surface area contributed by atoms with Crippen molar-refractivity contribution in [3.05, 3.63) is 35.9 Å². The Morgan fingerprint density at radius 3 is 2.37 bits per heavy atom. The highest BCUT2D eigenvalue weighted by Gasteiger charge is 2.38. The standard InChI is InChI=1S/C22H29N5O3/c1-14-11-18(22(2,3)29)25-12-17(14)27-19(28)13-26(20-21(27)24-10-9-23-20)15-5-7-16(30-4)8-6-15/h9-12,15-16,29H,5-8,13H2,1-4H3. The zero-order valence-corrected chi connectivity index (χ0v) is 18.0. The van der Waals surface area contributed by atoms with E-state index in [0.717, 1.165) is 37.1 Å². The van der Waals surface area contributed by atoms with E-state index >= 15 is 0 Å². The van der Waals surface area contributed by atoms with E-state index in [1.807, 2.05) is 13.0 Å². The summed E-state index contributed by atoms with van der Waals surface area (Å²) in [4.78, 5) is 30.5. The normalized spacial score (nSPS) is 22.2. The molecule has 1 aliphatic heterocycles. The van der Waals surface area contributed by atoms with Crippen LogP contribution in [0.3, 0.4) is 0 Å². The average Bonchev–Trinajstić information content (AvgIpc) is 2.73. The first-order valence-electron chi connectivity index (χ1n) is 10.4. The molecule has 8 nitrogen and oxygen atoms in total. The molecule has 160 valence electrons. The third-order valence-corrected chi connectivity index (χ3v) is 6.07. The smallest absolute Gasteiger partial charge is 0.252 e. The number of anilines is 3. The van der Waals surface area contributed by atoms with E-state index in [9.17, 15) is 9.90 Å². The van der Waals surface area contributed by atoms with E-state index in [-0.39, 0.29) is 18.5 Å². The van der Waals surface area contributed by atoms with Gasteiger partial charge in [-0.15, -0.1) is 0 Å². The van der Waals surface area contributed by atoms with Gasteiger partial charge in [-0.3, -0.25) is 14.7 Å². The van der Waals surface area contributed by atoms with Gasteiger partial charge < -0.3 is 14.7 Å². The molecule has 2 aromatic heterocycles. The molecule has 1 saturated carbocycles. The van der Waals surface area contributed by atoms with Gasteiger partial charge in [-0.05, 0) is 58.1 Å². The van der Waals surface area contributed by atoms with Crippen LogP contribution in [-0.2, 0) is 15.1 Å². The third-order valence-electron chi connectivity index (χ3n) is 6.07. The minimum atomic E-state index is -1.05. The number of pyridine rings is 1. The molecule has 0 unspecified atom stereocenters. The van der Waals surface area contributed by atoms with Gasteiger partial charge in [0, 0.05) is 25.5 Å². The first-order valence-corrected chi connectivity index (χ1v) is 10.4. The van der Waals surface area contributed by atoms with Crippen LogP contribution in [0.1, 0.15) is 50.8 Å². The number of ether oxygens (including phenoxy) is 1. The summed E-state index contributed by atoms with van der Waals surface area (Å²) in [6.45, 7) is 5.55. The fourth-order valence-corrected chi connectivity index (χ4v) is 4.35. The van der Waals surface area contributed by atoms with E-state index in [0.29, 0.717) is 23.3 Å². The van der Waals surface area contributed by atoms with Crippen LogP contribution in [0.5, 0.6) is 0 Å². The molecule has 1 N–H and O–H groups in total. The van der Waals surface area contributed by atoms with Gasteiger partial charge in [0.05, 0.1) is 30.2 Å². The molecule has 1 aliphatic carbocycles. The third kappa shape index (κ3) is 3.77. The lowest BCUT2D eigenvalue weighted by molar-refractivity contribution is -0.117. The van der Waals surface area contributed by atoms with Crippen LogP contribution in [0, 0.1) is 6.92 Å². The number of fused-ring (bicyclic) bond motifs is 1. The fraction of sp³-hybridized carbons (Fsp3) is 0.545. The summed E-state index contributed by atoms with van der Waals surface area (Å²) in [5.74, 6) is 1.20. The van der Waals surface area contributed by atoms with Crippen molar-refractivity contribution in [2.45, 2.75) is 64.2 Å². The van der Waals surface area contributed by atoms with Crippen molar-refractivity contribution in [1.82, 2.24) is 15.0 Å². The molecule has 8 heteroatoms. The molecule has 0 saturated heterocycles. The second kappa shape index (κ2) is 7.92. The van der Waals surface area contributed by atoms with E-state index < -0.39 is 5.60 Å². The Labute approximate surface area is 176 Å². The van der Waals surface area contributed by atoms with E-state index in [1.165, 1.54) is 0 Å². The van der Waals surface area contributed by atoms with Crippen LogP contribution >= 0.6 is 0 Å². The Kier molecular flexibility index (Phi) is 5.46. The Morgan fingerprint density at radius 2 is 1.77 bits per heavy atom. The molecule has 0 aromatic carbocycles. The summed E-state index contributed by atoms with van der Waals surface area (Å²) in [5.41, 5.74) is 1.02. The second-order valence-corrected chi connectivity index (χ2v) is 8.64. The summed E-state index contributed by atoms with van der Waals surface area (Å²) < 4.78 is 5.49. The molecule has 2 aromatic rings. The molecule has 0 atom stereocenters. The Bertz CT molecular complexity index is 935. The minimum absolute atomic E-state index is 0.0576. The van der Waals surface area contributed by atoms with Crippen molar-refractivity contribution in [3.8, 4) is 0 Å². The zero-order valence-electron chi connectivity index (χ0n) is 18.0. The molecule has 3 heterocycles. The van der Waals surface area contributed by atoms with Crippen LogP contribution in [0.25, 0.3) is 0 Å². The van der Waals surface area contributed by atoms with Gasteiger partial charge in [-0.25, -0.2) is 9.97 Å². The van der Waals surface area contributed by atoms with E-state index in [1.54, 1.807) is 44.4 Å².